The fraction of sp³-hybridized carbons (Fsp3) is 0.417. The van der Waals surface area contributed by atoms with Crippen LogP contribution in [0.2, 0.25) is 0 Å². The maximum atomic E-state index is 13.6. The molecule has 42 heavy (non-hydrogen) atoms. The highest BCUT2D eigenvalue weighted by molar-refractivity contribution is 7.80. The summed E-state index contributed by atoms with van der Waals surface area (Å²) >= 11 is 5.41. The number of carbonyl (C=O) groups is 2. The van der Waals surface area contributed by atoms with Crippen molar-refractivity contribution in [2.24, 2.45) is 17.8 Å². The molecule has 1 aliphatic heterocycles. The van der Waals surface area contributed by atoms with Crippen LogP contribution >= 0.6 is 12.2 Å². The molecule has 6 heteroatoms. The smallest absolute Gasteiger partial charge is 0.270 e. The lowest BCUT2D eigenvalue weighted by Gasteiger charge is -2.57. The highest BCUT2D eigenvalue weighted by Gasteiger charge is 2.51. The predicted octanol–water partition coefficient (Wildman–Crippen LogP) is 7.52. The monoisotopic (exact) mass is 577 g/mol. The SMILES string of the molecule is Cc1cc(/C=C2\C(=O)NC(=S)N(c3ccc(C(C)C)cc3)C2=O)c(C)n1-c1ccc(C23CC4CC(CC(C4)C2)C3)cc1. The Hall–Kier alpha value is -3.51. The quantitative estimate of drug-likeness (QED) is 0.194. The van der Waals surface area contributed by atoms with E-state index in [1.807, 2.05) is 37.3 Å². The van der Waals surface area contributed by atoms with E-state index in [1.165, 1.54) is 54.6 Å². The maximum Gasteiger partial charge on any atom is 0.270 e. The van der Waals surface area contributed by atoms with Crippen LogP contribution in [-0.2, 0) is 15.0 Å². The Bertz CT molecular complexity index is 1590. The van der Waals surface area contributed by atoms with Gasteiger partial charge in [-0.2, -0.15) is 0 Å². The minimum atomic E-state index is -0.468. The molecule has 2 aromatic carbocycles. The van der Waals surface area contributed by atoms with Crippen molar-refractivity contribution in [1.82, 2.24) is 9.88 Å². The zero-order chi connectivity index (χ0) is 29.3. The Morgan fingerprint density at radius 3 is 2.02 bits per heavy atom. The summed E-state index contributed by atoms with van der Waals surface area (Å²) < 4.78 is 2.22. The van der Waals surface area contributed by atoms with Gasteiger partial charge in [0.25, 0.3) is 11.8 Å². The van der Waals surface area contributed by atoms with Gasteiger partial charge in [-0.25, -0.2) is 0 Å². The fourth-order valence-corrected chi connectivity index (χ4v) is 9.10. The second-order valence-electron chi connectivity index (χ2n) is 13.6. The van der Waals surface area contributed by atoms with E-state index in [1.54, 1.807) is 6.08 Å². The van der Waals surface area contributed by atoms with Crippen LogP contribution < -0.4 is 10.2 Å². The number of aryl methyl sites for hydroxylation is 1. The first kappa shape index (κ1) is 27.3. The van der Waals surface area contributed by atoms with Gasteiger partial charge in [0.15, 0.2) is 5.11 Å². The third kappa shape index (κ3) is 4.46. The summed E-state index contributed by atoms with van der Waals surface area (Å²) in [5.41, 5.74) is 7.78. The topological polar surface area (TPSA) is 54.3 Å². The minimum Gasteiger partial charge on any atom is -0.318 e. The molecule has 0 spiro atoms. The first-order chi connectivity index (χ1) is 20.1. The van der Waals surface area contributed by atoms with Crippen LogP contribution in [0.4, 0.5) is 5.69 Å². The van der Waals surface area contributed by atoms with Gasteiger partial charge < -0.3 is 4.57 Å². The number of nitrogens with zero attached hydrogens (tertiary/aromatic N) is 2. The van der Waals surface area contributed by atoms with Crippen LogP contribution in [0.15, 0.2) is 60.2 Å². The van der Waals surface area contributed by atoms with Crippen molar-refractivity contribution in [3.05, 3.63) is 88.2 Å². The van der Waals surface area contributed by atoms with Crippen molar-refractivity contribution in [1.29, 1.82) is 0 Å². The number of benzene rings is 2. The fourth-order valence-electron chi connectivity index (χ4n) is 8.82. The number of anilines is 1. The molecule has 5 fully saturated rings. The molecule has 3 aromatic rings. The van der Waals surface area contributed by atoms with Gasteiger partial charge in [-0.05, 0) is 147 Å². The maximum absolute atomic E-state index is 13.6. The van der Waals surface area contributed by atoms with Crippen molar-refractivity contribution in [2.75, 3.05) is 4.90 Å². The van der Waals surface area contributed by atoms with Gasteiger partial charge in [-0.1, -0.05) is 38.1 Å². The number of nitrogens with one attached hydrogen (secondary N) is 1. The molecular formula is C36H39N3O2S. The molecule has 1 aromatic heterocycles. The lowest BCUT2D eigenvalue weighted by Crippen LogP contribution is -2.54. The summed E-state index contributed by atoms with van der Waals surface area (Å²) in [6.07, 6.45) is 10.1. The zero-order valence-electron chi connectivity index (χ0n) is 24.9. The Morgan fingerprint density at radius 1 is 0.881 bits per heavy atom. The molecule has 2 heterocycles. The molecule has 5 aliphatic rings. The van der Waals surface area contributed by atoms with Crippen molar-refractivity contribution in [3.8, 4) is 5.69 Å². The normalized spacial score (nSPS) is 27.8. The summed E-state index contributed by atoms with van der Waals surface area (Å²) in [5, 5.41) is 2.82. The molecule has 1 saturated heterocycles. The van der Waals surface area contributed by atoms with E-state index < -0.39 is 11.8 Å². The van der Waals surface area contributed by atoms with E-state index in [-0.39, 0.29) is 10.7 Å². The zero-order valence-corrected chi connectivity index (χ0v) is 25.8. The number of amides is 2. The molecule has 0 unspecified atom stereocenters. The van der Waals surface area contributed by atoms with Crippen LogP contribution in [0.3, 0.4) is 0 Å². The van der Waals surface area contributed by atoms with E-state index in [9.17, 15) is 9.59 Å². The first-order valence-electron chi connectivity index (χ1n) is 15.4. The van der Waals surface area contributed by atoms with Crippen LogP contribution in [0, 0.1) is 31.6 Å². The molecule has 216 valence electrons. The number of thiocarbonyl (C=S) groups is 1. The first-order valence-corrected chi connectivity index (χ1v) is 15.8. The average Bonchev–Trinajstić information content (AvgIpc) is 3.22. The van der Waals surface area contributed by atoms with E-state index >= 15 is 0 Å². The summed E-state index contributed by atoms with van der Waals surface area (Å²) in [6, 6.07) is 19.0. The number of aromatic nitrogens is 1. The molecular weight excluding hydrogens is 538 g/mol. The highest BCUT2D eigenvalue weighted by Crippen LogP contribution is 2.60. The Balaban J connectivity index is 1.17. The van der Waals surface area contributed by atoms with Gasteiger partial charge in [0.05, 0.1) is 5.69 Å². The van der Waals surface area contributed by atoms with Gasteiger partial charge in [0.1, 0.15) is 5.57 Å². The molecule has 0 atom stereocenters. The van der Waals surface area contributed by atoms with Gasteiger partial charge in [-0.15, -0.1) is 0 Å². The van der Waals surface area contributed by atoms with Gasteiger partial charge in [-0.3, -0.25) is 19.8 Å². The second-order valence-corrected chi connectivity index (χ2v) is 14.0. The Kier molecular flexibility index (Phi) is 6.54. The number of hydrogen-bond acceptors (Lipinski definition) is 3. The minimum absolute atomic E-state index is 0.0777. The molecule has 8 rings (SSSR count). The van der Waals surface area contributed by atoms with Crippen molar-refractivity contribution in [3.63, 3.8) is 0 Å². The number of rotatable bonds is 5. The van der Waals surface area contributed by atoms with Gasteiger partial charge in [0.2, 0.25) is 0 Å². The Labute approximate surface area is 254 Å². The standard InChI is InChI=1S/C36H39N3O2S/c1-21(2)27-5-9-31(10-6-27)39-34(41)32(33(40)37-35(39)42)17-28-13-22(3)38(23(28)4)30-11-7-29(8-12-30)36-18-24-14-25(19-36)16-26(15-24)20-36/h5-13,17,21,24-26H,14-16,18-20H2,1-4H3,(H,37,40,42)/b32-17+. The second kappa shape index (κ2) is 10.0. The lowest BCUT2D eigenvalue weighted by atomic mass is 9.48. The van der Waals surface area contributed by atoms with Gasteiger partial charge in [0, 0.05) is 17.1 Å². The van der Waals surface area contributed by atoms with Crippen molar-refractivity contribution >= 4 is 40.9 Å². The van der Waals surface area contributed by atoms with Crippen LogP contribution in [0.5, 0.6) is 0 Å². The Morgan fingerprint density at radius 2 is 1.45 bits per heavy atom. The van der Waals surface area contributed by atoms with E-state index in [0.717, 1.165) is 40.4 Å². The number of hydrogen-bond donors (Lipinski definition) is 1. The van der Waals surface area contributed by atoms with Crippen molar-refractivity contribution < 1.29 is 9.59 Å². The molecule has 1 N–H and O–H groups in total. The largest absolute Gasteiger partial charge is 0.318 e. The van der Waals surface area contributed by atoms with Crippen molar-refractivity contribution in [2.45, 2.75) is 77.6 Å². The van der Waals surface area contributed by atoms with E-state index in [2.05, 4.69) is 54.9 Å². The summed E-state index contributed by atoms with van der Waals surface area (Å²) in [7, 11) is 0. The van der Waals surface area contributed by atoms with Crippen LogP contribution in [0.25, 0.3) is 11.8 Å². The van der Waals surface area contributed by atoms with E-state index in [4.69, 9.17) is 12.2 Å². The molecule has 0 radical (unpaired) electrons. The van der Waals surface area contributed by atoms with Crippen LogP contribution in [-0.4, -0.2) is 21.5 Å². The highest BCUT2D eigenvalue weighted by atomic mass is 32.1. The number of carbonyl (C=O) groups excluding carboxylic acids is 2. The van der Waals surface area contributed by atoms with Gasteiger partial charge >= 0.3 is 0 Å². The summed E-state index contributed by atoms with van der Waals surface area (Å²) in [4.78, 5) is 28.0. The molecule has 4 aliphatic carbocycles. The summed E-state index contributed by atoms with van der Waals surface area (Å²) in [6.45, 7) is 8.37. The summed E-state index contributed by atoms with van der Waals surface area (Å²) in [5.74, 6) is 2.26. The molecule has 4 saturated carbocycles. The van der Waals surface area contributed by atoms with E-state index in [0.29, 0.717) is 17.0 Å². The molecule has 2 amide bonds. The lowest BCUT2D eigenvalue weighted by molar-refractivity contribution is -0.122. The average molecular weight is 578 g/mol. The third-order valence-corrected chi connectivity index (χ3v) is 10.8. The molecule has 5 nitrogen and oxygen atoms in total. The molecule has 4 bridgehead atoms. The van der Waals surface area contributed by atoms with Crippen LogP contribution in [0.1, 0.15) is 86.4 Å². The third-order valence-electron chi connectivity index (χ3n) is 10.5. The predicted molar refractivity (Wildman–Crippen MR) is 172 cm³/mol.